The maximum absolute atomic E-state index is 11.6. The fourth-order valence-corrected chi connectivity index (χ4v) is 2.93. The summed E-state index contributed by atoms with van der Waals surface area (Å²) in [6.45, 7) is 3.62. The van der Waals surface area contributed by atoms with E-state index in [0.717, 1.165) is 25.7 Å². The first-order valence-corrected chi connectivity index (χ1v) is 8.78. The van der Waals surface area contributed by atoms with Crippen LogP contribution in [-0.4, -0.2) is 43.4 Å². The number of carbonyl (C=O) groups is 1. The minimum Gasteiger partial charge on any atom is -0.460 e. The van der Waals surface area contributed by atoms with Crippen molar-refractivity contribution >= 4 is 16.1 Å². The van der Waals surface area contributed by atoms with Gasteiger partial charge in [0.05, 0.1) is 5.92 Å². The Morgan fingerprint density at radius 2 is 1.90 bits per heavy atom. The molecule has 0 aromatic rings. The maximum Gasteiger partial charge on any atom is 0.308 e. The van der Waals surface area contributed by atoms with E-state index in [1.165, 1.54) is 6.42 Å². The van der Waals surface area contributed by atoms with Gasteiger partial charge in [-0.15, -0.1) is 0 Å². The van der Waals surface area contributed by atoms with Crippen LogP contribution >= 0.6 is 0 Å². The summed E-state index contributed by atoms with van der Waals surface area (Å²) in [6.07, 6.45) is 4.81. The molecule has 1 saturated carbocycles. The highest BCUT2D eigenvalue weighted by molar-refractivity contribution is 7.85. The molecule has 1 unspecified atom stereocenters. The van der Waals surface area contributed by atoms with Crippen LogP contribution in [0.4, 0.5) is 0 Å². The molecule has 0 aliphatic heterocycles. The van der Waals surface area contributed by atoms with Gasteiger partial charge in [-0.1, -0.05) is 33.1 Å². The molecular weight excluding hydrogens is 282 g/mol. The van der Waals surface area contributed by atoms with Crippen LogP contribution < -0.4 is 5.32 Å². The van der Waals surface area contributed by atoms with Crippen LogP contribution in [0.2, 0.25) is 0 Å². The molecule has 0 amide bonds. The molecular formula is C13H25NO5S. The highest BCUT2D eigenvalue weighted by atomic mass is 32.2. The summed E-state index contributed by atoms with van der Waals surface area (Å²) in [4.78, 5) is 11.6. The van der Waals surface area contributed by atoms with E-state index < -0.39 is 27.9 Å². The average Bonchev–Trinajstić information content (AvgIpc) is 2.35. The van der Waals surface area contributed by atoms with Gasteiger partial charge in [-0.2, -0.15) is 8.42 Å². The Labute approximate surface area is 121 Å². The van der Waals surface area contributed by atoms with Gasteiger partial charge in [-0.3, -0.25) is 9.35 Å². The van der Waals surface area contributed by atoms with Gasteiger partial charge in [-0.05, 0) is 12.8 Å². The first-order chi connectivity index (χ1) is 9.28. The number of nitrogens with one attached hydrogen (secondary N) is 1. The van der Waals surface area contributed by atoms with Crippen molar-refractivity contribution in [3.8, 4) is 0 Å². The molecule has 1 aliphatic carbocycles. The van der Waals surface area contributed by atoms with Crippen molar-refractivity contribution in [2.45, 2.75) is 58.1 Å². The Hall–Kier alpha value is -0.660. The summed E-state index contributed by atoms with van der Waals surface area (Å²) in [7, 11) is -4.16. The molecule has 1 atom stereocenters. The molecule has 0 heterocycles. The lowest BCUT2D eigenvalue weighted by Crippen LogP contribution is -2.42. The molecule has 0 saturated heterocycles. The first-order valence-electron chi connectivity index (χ1n) is 7.17. The first kappa shape index (κ1) is 17.4. The van der Waals surface area contributed by atoms with E-state index >= 15 is 0 Å². The van der Waals surface area contributed by atoms with Crippen molar-refractivity contribution in [3.05, 3.63) is 0 Å². The fourth-order valence-electron chi connectivity index (χ4n) is 2.27. The van der Waals surface area contributed by atoms with Gasteiger partial charge in [0.2, 0.25) is 0 Å². The molecule has 20 heavy (non-hydrogen) atoms. The Morgan fingerprint density at radius 1 is 1.30 bits per heavy atom. The summed E-state index contributed by atoms with van der Waals surface area (Å²) in [6, 6.07) is 0.338. The second kappa shape index (κ2) is 7.95. The monoisotopic (exact) mass is 307 g/mol. The van der Waals surface area contributed by atoms with E-state index in [1.807, 2.05) is 0 Å². The Balaban J connectivity index is 2.50. The second-order valence-electron chi connectivity index (χ2n) is 5.71. The molecule has 1 aliphatic rings. The lowest BCUT2D eigenvalue weighted by atomic mass is 9.95. The van der Waals surface area contributed by atoms with Gasteiger partial charge < -0.3 is 10.1 Å². The quantitative estimate of drug-likeness (QED) is 0.545. The largest absolute Gasteiger partial charge is 0.460 e. The van der Waals surface area contributed by atoms with Crippen molar-refractivity contribution in [1.29, 1.82) is 0 Å². The Morgan fingerprint density at radius 3 is 2.40 bits per heavy atom. The standard InChI is InChI=1S/C13H25NO5S/c1-10(2)13(15)19-12(9-20(16,17)18)8-14-11-6-4-3-5-7-11/h10-12,14H,3-9H2,1-2H3,(H,16,17,18). The van der Waals surface area contributed by atoms with Crippen LogP contribution in [-0.2, 0) is 19.6 Å². The minimum atomic E-state index is -4.16. The zero-order valence-corrected chi connectivity index (χ0v) is 13.0. The summed E-state index contributed by atoms with van der Waals surface area (Å²) >= 11 is 0. The van der Waals surface area contributed by atoms with E-state index in [4.69, 9.17) is 9.29 Å². The predicted molar refractivity (Wildman–Crippen MR) is 76.0 cm³/mol. The topological polar surface area (TPSA) is 92.7 Å². The molecule has 1 fully saturated rings. The number of rotatable bonds is 7. The molecule has 0 radical (unpaired) electrons. The average molecular weight is 307 g/mol. The van der Waals surface area contributed by atoms with E-state index in [0.29, 0.717) is 6.04 Å². The molecule has 0 spiro atoms. The predicted octanol–water partition coefficient (Wildman–Crippen LogP) is 1.36. The smallest absolute Gasteiger partial charge is 0.308 e. The molecule has 118 valence electrons. The zero-order valence-electron chi connectivity index (χ0n) is 12.2. The Kier molecular flexibility index (Phi) is 6.91. The molecule has 0 aromatic carbocycles. The number of esters is 1. The van der Waals surface area contributed by atoms with Crippen LogP contribution in [0.3, 0.4) is 0 Å². The molecule has 1 rings (SSSR count). The second-order valence-corrected chi connectivity index (χ2v) is 7.20. The number of carbonyl (C=O) groups excluding carboxylic acids is 1. The molecule has 2 N–H and O–H groups in total. The number of ether oxygens (including phenoxy) is 1. The normalized spacial score (nSPS) is 19.0. The SMILES string of the molecule is CC(C)C(=O)OC(CNC1CCCCC1)CS(=O)(=O)O. The van der Waals surface area contributed by atoms with Gasteiger partial charge in [0.1, 0.15) is 11.9 Å². The molecule has 0 aromatic heterocycles. The van der Waals surface area contributed by atoms with E-state index in [-0.39, 0.29) is 12.5 Å². The van der Waals surface area contributed by atoms with Crippen molar-refractivity contribution in [2.24, 2.45) is 5.92 Å². The summed E-state index contributed by atoms with van der Waals surface area (Å²) in [5, 5.41) is 3.24. The van der Waals surface area contributed by atoms with E-state index in [9.17, 15) is 13.2 Å². The van der Waals surface area contributed by atoms with Crippen molar-refractivity contribution < 1.29 is 22.5 Å². The highest BCUT2D eigenvalue weighted by Crippen LogP contribution is 2.17. The fraction of sp³-hybridized carbons (Fsp3) is 0.923. The van der Waals surface area contributed by atoms with Gasteiger partial charge in [-0.25, -0.2) is 0 Å². The van der Waals surface area contributed by atoms with Crippen LogP contribution in [0.1, 0.15) is 46.0 Å². The summed E-state index contributed by atoms with van der Waals surface area (Å²) in [5.41, 5.74) is 0. The third kappa shape index (κ3) is 7.21. The van der Waals surface area contributed by atoms with Gasteiger partial charge >= 0.3 is 5.97 Å². The van der Waals surface area contributed by atoms with Crippen LogP contribution in [0, 0.1) is 5.92 Å². The lowest BCUT2D eigenvalue weighted by molar-refractivity contribution is -0.151. The number of hydrogen-bond donors (Lipinski definition) is 2. The zero-order chi connectivity index (χ0) is 15.2. The van der Waals surface area contributed by atoms with E-state index in [1.54, 1.807) is 13.8 Å². The highest BCUT2D eigenvalue weighted by Gasteiger charge is 2.24. The van der Waals surface area contributed by atoms with Crippen LogP contribution in [0.25, 0.3) is 0 Å². The lowest BCUT2D eigenvalue weighted by Gasteiger charge is -2.25. The Bertz CT molecular complexity index is 401. The molecule has 6 nitrogen and oxygen atoms in total. The van der Waals surface area contributed by atoms with Crippen LogP contribution in [0.15, 0.2) is 0 Å². The minimum absolute atomic E-state index is 0.253. The van der Waals surface area contributed by atoms with Crippen molar-refractivity contribution in [2.75, 3.05) is 12.3 Å². The molecule has 7 heteroatoms. The van der Waals surface area contributed by atoms with Crippen LogP contribution in [0.5, 0.6) is 0 Å². The third-order valence-electron chi connectivity index (χ3n) is 3.39. The van der Waals surface area contributed by atoms with Crippen molar-refractivity contribution in [1.82, 2.24) is 5.32 Å². The molecule has 0 bridgehead atoms. The summed E-state index contributed by atoms with van der Waals surface area (Å²) in [5.74, 6) is -1.34. The van der Waals surface area contributed by atoms with Crippen molar-refractivity contribution in [3.63, 3.8) is 0 Å². The third-order valence-corrected chi connectivity index (χ3v) is 4.18. The van der Waals surface area contributed by atoms with Gasteiger partial charge in [0.15, 0.2) is 0 Å². The maximum atomic E-state index is 11.6. The van der Waals surface area contributed by atoms with Gasteiger partial charge in [0.25, 0.3) is 10.1 Å². The van der Waals surface area contributed by atoms with E-state index in [2.05, 4.69) is 5.32 Å². The summed E-state index contributed by atoms with van der Waals surface area (Å²) < 4.78 is 36.0. The van der Waals surface area contributed by atoms with Gasteiger partial charge in [0, 0.05) is 12.6 Å². The number of hydrogen-bond acceptors (Lipinski definition) is 5.